The van der Waals surface area contributed by atoms with Crippen molar-refractivity contribution < 1.29 is 5.11 Å². The molecule has 1 fully saturated rings. The Morgan fingerprint density at radius 2 is 2.10 bits per heavy atom. The van der Waals surface area contributed by atoms with Crippen LogP contribution in [0.2, 0.25) is 0 Å². The van der Waals surface area contributed by atoms with Gasteiger partial charge in [-0.15, -0.1) is 0 Å². The fourth-order valence-corrected chi connectivity index (χ4v) is 2.92. The van der Waals surface area contributed by atoms with Gasteiger partial charge in [-0.3, -0.25) is 4.68 Å². The molecule has 0 bridgehead atoms. The molecular formula is C16H22N4O. The van der Waals surface area contributed by atoms with Gasteiger partial charge in [0.2, 0.25) is 0 Å². The number of anilines is 1. The van der Waals surface area contributed by atoms with Gasteiger partial charge >= 0.3 is 0 Å². The summed E-state index contributed by atoms with van der Waals surface area (Å²) in [6.45, 7) is 1.97. The molecule has 2 aromatic rings. The lowest BCUT2D eigenvalue weighted by molar-refractivity contribution is 0.474. The van der Waals surface area contributed by atoms with Crippen LogP contribution in [0.15, 0.2) is 30.5 Å². The molecule has 3 rings (SSSR count). The summed E-state index contributed by atoms with van der Waals surface area (Å²) >= 11 is 0. The zero-order valence-corrected chi connectivity index (χ0v) is 12.4. The summed E-state index contributed by atoms with van der Waals surface area (Å²) < 4.78 is 1.92. The monoisotopic (exact) mass is 286 g/mol. The highest BCUT2D eigenvalue weighted by Gasteiger charge is 2.21. The van der Waals surface area contributed by atoms with Gasteiger partial charge in [-0.1, -0.05) is 12.1 Å². The smallest absolute Gasteiger partial charge is 0.115 e. The van der Waals surface area contributed by atoms with Crippen LogP contribution < -0.4 is 10.6 Å². The maximum absolute atomic E-state index is 9.61. The van der Waals surface area contributed by atoms with Crippen molar-refractivity contribution in [2.75, 3.05) is 18.0 Å². The first kappa shape index (κ1) is 13.9. The third-order valence-electron chi connectivity index (χ3n) is 4.20. The molecule has 1 aliphatic heterocycles. The van der Waals surface area contributed by atoms with Crippen LogP contribution >= 0.6 is 0 Å². The molecule has 1 aromatic heterocycles. The fourth-order valence-electron chi connectivity index (χ4n) is 2.92. The van der Waals surface area contributed by atoms with Crippen molar-refractivity contribution in [2.24, 2.45) is 12.8 Å². The Morgan fingerprint density at radius 1 is 1.33 bits per heavy atom. The average molecular weight is 286 g/mol. The molecule has 1 aromatic carbocycles. The first-order valence-electron chi connectivity index (χ1n) is 7.43. The Morgan fingerprint density at radius 3 is 2.81 bits per heavy atom. The van der Waals surface area contributed by atoms with Crippen LogP contribution in [-0.4, -0.2) is 34.0 Å². The quantitative estimate of drug-likeness (QED) is 0.900. The largest absolute Gasteiger partial charge is 0.508 e. The topological polar surface area (TPSA) is 67.3 Å². The number of benzene rings is 1. The zero-order chi connectivity index (χ0) is 14.8. The maximum atomic E-state index is 9.61. The van der Waals surface area contributed by atoms with Crippen LogP contribution in [0.25, 0.3) is 0 Å². The third-order valence-corrected chi connectivity index (χ3v) is 4.20. The predicted molar refractivity (Wildman–Crippen MR) is 83.5 cm³/mol. The third kappa shape index (κ3) is 3.03. The Bertz CT molecular complexity index is 614. The van der Waals surface area contributed by atoms with Crippen molar-refractivity contribution in [3.05, 3.63) is 41.7 Å². The number of phenolic OH excluding ortho intramolecular Hbond substituents is 1. The summed E-state index contributed by atoms with van der Waals surface area (Å²) in [5.41, 5.74) is 9.44. The number of nitrogens with zero attached hydrogens (tertiary/aromatic N) is 3. The molecule has 0 radical (unpaired) electrons. The molecule has 5 nitrogen and oxygen atoms in total. The molecule has 2 heterocycles. The second-order valence-electron chi connectivity index (χ2n) is 5.77. The number of hydrogen-bond donors (Lipinski definition) is 2. The molecule has 1 aliphatic rings. The summed E-state index contributed by atoms with van der Waals surface area (Å²) in [5.74, 6) is 0.306. The van der Waals surface area contributed by atoms with E-state index in [0.717, 1.165) is 37.9 Å². The molecule has 0 atom stereocenters. The second kappa shape index (κ2) is 5.77. The van der Waals surface area contributed by atoms with Gasteiger partial charge in [0.15, 0.2) is 0 Å². The molecule has 0 unspecified atom stereocenters. The molecule has 0 amide bonds. The lowest BCUT2D eigenvalue weighted by Gasteiger charge is -2.31. The molecule has 0 saturated carbocycles. The van der Waals surface area contributed by atoms with Gasteiger partial charge < -0.3 is 15.7 Å². The highest BCUT2D eigenvalue weighted by Crippen LogP contribution is 2.26. The number of phenols is 1. The van der Waals surface area contributed by atoms with Crippen LogP contribution in [0.5, 0.6) is 5.75 Å². The molecule has 3 N–H and O–H groups in total. The highest BCUT2D eigenvalue weighted by atomic mass is 16.3. The van der Waals surface area contributed by atoms with E-state index in [1.54, 1.807) is 6.07 Å². The second-order valence-corrected chi connectivity index (χ2v) is 5.77. The van der Waals surface area contributed by atoms with Crippen molar-refractivity contribution in [3.8, 4) is 5.75 Å². The van der Waals surface area contributed by atoms with Crippen molar-refractivity contribution in [2.45, 2.75) is 25.3 Å². The number of rotatable bonds is 3. The molecular weight excluding hydrogens is 264 g/mol. The highest BCUT2D eigenvalue weighted by molar-refractivity contribution is 5.52. The standard InChI is InChI=1S/C16H22N4O/c1-19-15(10-12-3-2-4-14(21)9-12)16(11-18-19)20-7-5-13(17)6-8-20/h2-4,9,11,13,21H,5-8,10,17H2,1H3. The average Bonchev–Trinajstić information content (AvgIpc) is 2.81. The molecule has 0 spiro atoms. The lowest BCUT2D eigenvalue weighted by Crippen LogP contribution is -2.40. The number of aromatic nitrogens is 2. The van der Waals surface area contributed by atoms with E-state index in [9.17, 15) is 5.11 Å². The Kier molecular flexibility index (Phi) is 3.84. The first-order chi connectivity index (χ1) is 10.1. The van der Waals surface area contributed by atoms with Gasteiger partial charge in [-0.25, -0.2) is 0 Å². The van der Waals surface area contributed by atoms with Crippen LogP contribution in [0.3, 0.4) is 0 Å². The van der Waals surface area contributed by atoms with Crippen LogP contribution in [0.4, 0.5) is 5.69 Å². The predicted octanol–water partition coefficient (Wildman–Crippen LogP) is 1.64. The minimum absolute atomic E-state index is 0.306. The molecule has 5 heteroatoms. The van der Waals surface area contributed by atoms with E-state index in [1.165, 1.54) is 11.4 Å². The zero-order valence-electron chi connectivity index (χ0n) is 12.4. The minimum atomic E-state index is 0.306. The van der Waals surface area contributed by atoms with E-state index < -0.39 is 0 Å². The van der Waals surface area contributed by atoms with Crippen LogP contribution in [0, 0.1) is 0 Å². The number of aromatic hydroxyl groups is 1. The molecule has 1 saturated heterocycles. The molecule has 112 valence electrons. The number of aryl methyl sites for hydroxylation is 1. The van der Waals surface area contributed by atoms with Crippen LogP contribution in [0.1, 0.15) is 24.1 Å². The van der Waals surface area contributed by atoms with Gasteiger partial charge in [0.25, 0.3) is 0 Å². The Labute approximate surface area is 125 Å². The fraction of sp³-hybridized carbons (Fsp3) is 0.438. The lowest BCUT2D eigenvalue weighted by atomic mass is 10.0. The number of nitrogens with two attached hydrogens (primary N) is 1. The summed E-state index contributed by atoms with van der Waals surface area (Å²) in [4.78, 5) is 2.37. The summed E-state index contributed by atoms with van der Waals surface area (Å²) in [7, 11) is 1.97. The van der Waals surface area contributed by atoms with Gasteiger partial charge in [0.05, 0.1) is 17.6 Å². The van der Waals surface area contributed by atoms with Crippen molar-refractivity contribution >= 4 is 5.69 Å². The SMILES string of the molecule is Cn1ncc(N2CCC(N)CC2)c1Cc1cccc(O)c1. The number of piperidine rings is 1. The Hall–Kier alpha value is -2.01. The Balaban J connectivity index is 1.83. The molecule has 21 heavy (non-hydrogen) atoms. The van der Waals surface area contributed by atoms with Gasteiger partial charge in [0.1, 0.15) is 5.75 Å². The van der Waals surface area contributed by atoms with Gasteiger partial charge in [0, 0.05) is 32.6 Å². The van der Waals surface area contributed by atoms with Crippen LogP contribution in [-0.2, 0) is 13.5 Å². The van der Waals surface area contributed by atoms with Gasteiger partial charge in [-0.2, -0.15) is 5.10 Å². The number of hydrogen-bond acceptors (Lipinski definition) is 4. The first-order valence-corrected chi connectivity index (χ1v) is 7.43. The van der Waals surface area contributed by atoms with Crippen molar-refractivity contribution in [1.29, 1.82) is 0 Å². The van der Waals surface area contributed by atoms with E-state index in [2.05, 4.69) is 10.00 Å². The van der Waals surface area contributed by atoms with E-state index >= 15 is 0 Å². The van der Waals surface area contributed by atoms with E-state index in [-0.39, 0.29) is 0 Å². The van der Waals surface area contributed by atoms with Crippen molar-refractivity contribution in [3.63, 3.8) is 0 Å². The summed E-state index contributed by atoms with van der Waals surface area (Å²) in [6, 6.07) is 7.73. The van der Waals surface area contributed by atoms with E-state index in [0.29, 0.717) is 11.8 Å². The normalized spacial score (nSPS) is 16.4. The van der Waals surface area contributed by atoms with E-state index in [4.69, 9.17) is 5.73 Å². The minimum Gasteiger partial charge on any atom is -0.508 e. The van der Waals surface area contributed by atoms with Crippen molar-refractivity contribution in [1.82, 2.24) is 9.78 Å². The summed E-state index contributed by atoms with van der Waals surface area (Å²) in [6.07, 6.45) is 4.76. The van der Waals surface area contributed by atoms with E-state index in [1.807, 2.05) is 36.1 Å². The maximum Gasteiger partial charge on any atom is 0.115 e. The summed E-state index contributed by atoms with van der Waals surface area (Å²) in [5, 5.41) is 14.0. The molecule has 0 aliphatic carbocycles. The van der Waals surface area contributed by atoms with Gasteiger partial charge in [-0.05, 0) is 30.5 Å².